The number of aromatic nitrogens is 5. The van der Waals surface area contributed by atoms with E-state index < -0.39 is 0 Å². The molecule has 8 nitrogen and oxygen atoms in total. The molecule has 0 unspecified atom stereocenters. The SMILES string of the molecule is CCCNc1ccncc1C(=O)Nc1nnn(C)n1. The molecule has 8 heteroatoms. The summed E-state index contributed by atoms with van der Waals surface area (Å²) in [7, 11) is 1.63. The number of nitrogens with one attached hydrogen (secondary N) is 2. The number of aryl methyl sites for hydroxylation is 1. The molecule has 0 atom stereocenters. The summed E-state index contributed by atoms with van der Waals surface area (Å²) in [5, 5.41) is 17.0. The highest BCUT2D eigenvalue weighted by atomic mass is 16.1. The molecule has 0 aliphatic carbocycles. The van der Waals surface area contributed by atoms with Crippen molar-refractivity contribution >= 4 is 17.5 Å². The van der Waals surface area contributed by atoms with Gasteiger partial charge < -0.3 is 5.32 Å². The van der Waals surface area contributed by atoms with Gasteiger partial charge in [-0.2, -0.15) is 4.80 Å². The van der Waals surface area contributed by atoms with Crippen LogP contribution in [-0.2, 0) is 7.05 Å². The third-order valence-corrected chi connectivity index (χ3v) is 2.36. The van der Waals surface area contributed by atoms with E-state index in [-0.39, 0.29) is 11.9 Å². The molecule has 2 heterocycles. The molecule has 1 amide bonds. The zero-order valence-corrected chi connectivity index (χ0v) is 10.8. The molecule has 19 heavy (non-hydrogen) atoms. The van der Waals surface area contributed by atoms with Crippen molar-refractivity contribution in [3.05, 3.63) is 24.0 Å². The molecule has 0 saturated carbocycles. The number of amides is 1. The fraction of sp³-hybridized carbons (Fsp3) is 0.364. The summed E-state index contributed by atoms with van der Waals surface area (Å²) in [5.74, 6) is -0.155. The van der Waals surface area contributed by atoms with Gasteiger partial charge in [-0.3, -0.25) is 15.1 Å². The van der Waals surface area contributed by atoms with Gasteiger partial charge in [0, 0.05) is 18.9 Å². The number of hydrogen-bond donors (Lipinski definition) is 2. The molecule has 2 rings (SSSR count). The van der Waals surface area contributed by atoms with Gasteiger partial charge in [0.25, 0.3) is 11.9 Å². The van der Waals surface area contributed by atoms with E-state index in [1.807, 2.05) is 0 Å². The average Bonchev–Trinajstić information content (AvgIpc) is 2.82. The van der Waals surface area contributed by atoms with Gasteiger partial charge in [-0.25, -0.2) is 0 Å². The van der Waals surface area contributed by atoms with Crippen LogP contribution in [0.1, 0.15) is 23.7 Å². The Balaban J connectivity index is 2.14. The number of carbonyl (C=O) groups is 1. The van der Waals surface area contributed by atoms with E-state index in [9.17, 15) is 4.79 Å². The van der Waals surface area contributed by atoms with E-state index in [0.29, 0.717) is 5.56 Å². The minimum Gasteiger partial charge on any atom is -0.384 e. The second-order valence-electron chi connectivity index (χ2n) is 3.90. The van der Waals surface area contributed by atoms with Crippen molar-refractivity contribution in [2.45, 2.75) is 13.3 Å². The molecule has 2 N–H and O–H groups in total. The van der Waals surface area contributed by atoms with Gasteiger partial charge in [0.15, 0.2) is 0 Å². The van der Waals surface area contributed by atoms with Crippen LogP contribution in [0.5, 0.6) is 0 Å². The van der Waals surface area contributed by atoms with Gasteiger partial charge in [-0.1, -0.05) is 12.0 Å². The van der Waals surface area contributed by atoms with Gasteiger partial charge in [-0.15, -0.1) is 5.10 Å². The van der Waals surface area contributed by atoms with Crippen molar-refractivity contribution in [1.82, 2.24) is 25.2 Å². The highest BCUT2D eigenvalue weighted by Crippen LogP contribution is 2.14. The van der Waals surface area contributed by atoms with Gasteiger partial charge in [0.05, 0.1) is 18.3 Å². The number of nitrogens with zero attached hydrogens (tertiary/aromatic N) is 5. The number of anilines is 2. The molecule has 0 aromatic carbocycles. The standard InChI is InChI=1S/C11H15N7O/c1-3-5-13-9-4-6-12-7-8(9)10(19)14-11-15-17-18(2)16-11/h4,6-7H,3,5H2,1-2H3,(H,12,13)(H,14,16,19). The zero-order valence-electron chi connectivity index (χ0n) is 10.8. The van der Waals surface area contributed by atoms with Crippen molar-refractivity contribution in [2.24, 2.45) is 7.05 Å². The maximum atomic E-state index is 12.1. The fourth-order valence-electron chi connectivity index (χ4n) is 1.49. The van der Waals surface area contributed by atoms with E-state index in [1.54, 1.807) is 19.3 Å². The minimum atomic E-state index is -0.320. The Labute approximate surface area is 110 Å². The van der Waals surface area contributed by atoms with Crippen LogP contribution in [0.25, 0.3) is 0 Å². The summed E-state index contributed by atoms with van der Waals surface area (Å²) < 4.78 is 0. The van der Waals surface area contributed by atoms with Crippen LogP contribution in [0.3, 0.4) is 0 Å². The number of tetrazole rings is 1. The van der Waals surface area contributed by atoms with E-state index in [4.69, 9.17) is 0 Å². The van der Waals surface area contributed by atoms with Crippen molar-refractivity contribution in [3.63, 3.8) is 0 Å². The monoisotopic (exact) mass is 261 g/mol. The molecule has 2 aromatic rings. The van der Waals surface area contributed by atoms with Crippen LogP contribution in [0.4, 0.5) is 11.6 Å². The lowest BCUT2D eigenvalue weighted by molar-refractivity contribution is 0.102. The molecule has 0 aliphatic rings. The Morgan fingerprint density at radius 3 is 3.00 bits per heavy atom. The molecular weight excluding hydrogens is 246 g/mol. The first-order valence-corrected chi connectivity index (χ1v) is 5.94. The first kappa shape index (κ1) is 12.9. The summed E-state index contributed by atoms with van der Waals surface area (Å²) in [6, 6.07) is 1.76. The predicted molar refractivity (Wildman–Crippen MR) is 69.8 cm³/mol. The molecule has 0 bridgehead atoms. The van der Waals surface area contributed by atoms with Crippen LogP contribution < -0.4 is 10.6 Å². The lowest BCUT2D eigenvalue weighted by Crippen LogP contribution is -2.16. The lowest BCUT2D eigenvalue weighted by atomic mass is 10.2. The number of pyridine rings is 1. The molecule has 0 radical (unpaired) electrons. The predicted octanol–water partition coefficient (Wildman–Crippen LogP) is 0.679. The van der Waals surface area contributed by atoms with E-state index >= 15 is 0 Å². The fourth-order valence-corrected chi connectivity index (χ4v) is 1.49. The lowest BCUT2D eigenvalue weighted by Gasteiger charge is -2.09. The van der Waals surface area contributed by atoms with Gasteiger partial charge in [0.1, 0.15) is 0 Å². The van der Waals surface area contributed by atoms with Crippen molar-refractivity contribution in [1.29, 1.82) is 0 Å². The van der Waals surface area contributed by atoms with Gasteiger partial charge >= 0.3 is 0 Å². The first-order valence-electron chi connectivity index (χ1n) is 5.94. The van der Waals surface area contributed by atoms with Gasteiger partial charge in [0.2, 0.25) is 0 Å². The van der Waals surface area contributed by atoms with Crippen LogP contribution >= 0.6 is 0 Å². The maximum absolute atomic E-state index is 12.1. The van der Waals surface area contributed by atoms with Crippen LogP contribution in [0.2, 0.25) is 0 Å². The molecule has 0 saturated heterocycles. The van der Waals surface area contributed by atoms with Crippen molar-refractivity contribution in [2.75, 3.05) is 17.2 Å². The quantitative estimate of drug-likeness (QED) is 0.821. The number of carbonyl (C=O) groups excluding carboxylic acids is 1. The Kier molecular flexibility index (Phi) is 4.01. The van der Waals surface area contributed by atoms with Crippen molar-refractivity contribution in [3.8, 4) is 0 Å². The Morgan fingerprint density at radius 1 is 1.47 bits per heavy atom. The molecule has 0 fully saturated rings. The zero-order chi connectivity index (χ0) is 13.7. The summed E-state index contributed by atoms with van der Waals surface area (Å²) in [6.07, 6.45) is 4.11. The topological polar surface area (TPSA) is 97.6 Å². The maximum Gasteiger partial charge on any atom is 0.270 e. The molecule has 0 spiro atoms. The van der Waals surface area contributed by atoms with E-state index in [2.05, 4.69) is 38.0 Å². The smallest absolute Gasteiger partial charge is 0.270 e. The van der Waals surface area contributed by atoms with Crippen LogP contribution in [-0.4, -0.2) is 37.6 Å². The summed E-state index contributed by atoms with van der Waals surface area (Å²) in [5.41, 5.74) is 1.18. The third-order valence-electron chi connectivity index (χ3n) is 2.36. The molecule has 2 aromatic heterocycles. The second-order valence-corrected chi connectivity index (χ2v) is 3.90. The first-order chi connectivity index (χ1) is 9.20. The van der Waals surface area contributed by atoms with Crippen LogP contribution in [0.15, 0.2) is 18.5 Å². The molecule has 100 valence electrons. The second kappa shape index (κ2) is 5.89. The van der Waals surface area contributed by atoms with Crippen LogP contribution in [0, 0.1) is 0 Å². The largest absolute Gasteiger partial charge is 0.384 e. The number of rotatable bonds is 5. The Morgan fingerprint density at radius 2 is 2.32 bits per heavy atom. The summed E-state index contributed by atoms with van der Waals surface area (Å²) >= 11 is 0. The normalized spacial score (nSPS) is 10.2. The third kappa shape index (κ3) is 3.24. The highest BCUT2D eigenvalue weighted by molar-refractivity contribution is 6.06. The number of hydrogen-bond acceptors (Lipinski definition) is 6. The molecule has 0 aliphatic heterocycles. The average molecular weight is 261 g/mol. The Hall–Kier alpha value is -2.51. The van der Waals surface area contributed by atoms with Crippen molar-refractivity contribution < 1.29 is 4.79 Å². The minimum absolute atomic E-state index is 0.165. The van der Waals surface area contributed by atoms with E-state index in [0.717, 1.165) is 18.7 Å². The summed E-state index contributed by atoms with van der Waals surface area (Å²) in [4.78, 5) is 17.3. The highest BCUT2D eigenvalue weighted by Gasteiger charge is 2.13. The van der Waals surface area contributed by atoms with Gasteiger partial charge in [-0.05, 0) is 17.7 Å². The Bertz CT molecular complexity index is 566. The van der Waals surface area contributed by atoms with E-state index in [1.165, 1.54) is 11.0 Å². The summed E-state index contributed by atoms with van der Waals surface area (Å²) in [6.45, 7) is 2.84. The molecular formula is C11H15N7O.